The van der Waals surface area contributed by atoms with Gasteiger partial charge in [-0.15, -0.1) is 11.3 Å². The number of rotatable bonds is 5. The molecule has 1 aliphatic heterocycles. The molecule has 0 aliphatic carbocycles. The Morgan fingerprint density at radius 2 is 2.04 bits per heavy atom. The van der Waals surface area contributed by atoms with Crippen LogP contribution in [-0.4, -0.2) is 31.2 Å². The fourth-order valence-electron chi connectivity index (χ4n) is 2.80. The van der Waals surface area contributed by atoms with Gasteiger partial charge in [0.05, 0.1) is 12.3 Å². The Morgan fingerprint density at radius 3 is 2.89 bits per heavy atom. The first-order valence-electron chi connectivity index (χ1n) is 8.48. The number of carbonyl (C=O) groups excluding carboxylic acids is 1. The third-order valence-corrected chi connectivity index (χ3v) is 4.82. The molecule has 0 spiro atoms. The van der Waals surface area contributed by atoms with Crippen molar-refractivity contribution in [3.63, 3.8) is 0 Å². The zero-order valence-electron chi connectivity index (χ0n) is 14.7. The SMILES string of the molecule is COCc1cccc(C(=O)Nc2nc(-c3ccc4c(c3)OCCO4)cs2)c1. The Kier molecular flexibility index (Phi) is 5.04. The van der Waals surface area contributed by atoms with Gasteiger partial charge < -0.3 is 14.2 Å². The monoisotopic (exact) mass is 382 g/mol. The van der Waals surface area contributed by atoms with Gasteiger partial charge in [-0.2, -0.15) is 0 Å². The topological polar surface area (TPSA) is 69.7 Å². The molecule has 138 valence electrons. The van der Waals surface area contributed by atoms with Crippen LogP contribution < -0.4 is 14.8 Å². The molecule has 0 saturated heterocycles. The van der Waals surface area contributed by atoms with Gasteiger partial charge in [-0.3, -0.25) is 10.1 Å². The average Bonchev–Trinajstić information content (AvgIpc) is 3.16. The van der Waals surface area contributed by atoms with Crippen molar-refractivity contribution in [1.82, 2.24) is 4.98 Å². The van der Waals surface area contributed by atoms with Gasteiger partial charge >= 0.3 is 0 Å². The highest BCUT2D eigenvalue weighted by Gasteiger charge is 2.15. The minimum atomic E-state index is -0.198. The molecule has 1 N–H and O–H groups in total. The lowest BCUT2D eigenvalue weighted by Crippen LogP contribution is -2.15. The van der Waals surface area contributed by atoms with Crippen molar-refractivity contribution >= 4 is 22.4 Å². The predicted molar refractivity (Wildman–Crippen MR) is 104 cm³/mol. The Hall–Kier alpha value is -2.90. The predicted octanol–water partition coefficient (Wildman–Crippen LogP) is 3.98. The summed E-state index contributed by atoms with van der Waals surface area (Å²) in [6, 6.07) is 13.1. The van der Waals surface area contributed by atoms with E-state index in [-0.39, 0.29) is 5.91 Å². The number of hydrogen-bond acceptors (Lipinski definition) is 6. The average molecular weight is 382 g/mol. The smallest absolute Gasteiger partial charge is 0.257 e. The van der Waals surface area contributed by atoms with E-state index in [1.54, 1.807) is 13.2 Å². The molecule has 0 unspecified atom stereocenters. The number of hydrogen-bond donors (Lipinski definition) is 1. The van der Waals surface area contributed by atoms with E-state index in [9.17, 15) is 4.79 Å². The number of anilines is 1. The van der Waals surface area contributed by atoms with Gasteiger partial charge in [0, 0.05) is 23.6 Å². The molecular formula is C20H18N2O4S. The van der Waals surface area contributed by atoms with E-state index in [1.807, 2.05) is 41.8 Å². The summed E-state index contributed by atoms with van der Waals surface area (Å²) in [4.78, 5) is 17.0. The summed E-state index contributed by atoms with van der Waals surface area (Å²) >= 11 is 1.38. The Bertz CT molecular complexity index is 970. The number of aromatic nitrogens is 1. The summed E-state index contributed by atoms with van der Waals surface area (Å²) in [5.74, 6) is 1.26. The molecule has 0 bridgehead atoms. The van der Waals surface area contributed by atoms with Crippen molar-refractivity contribution in [3.8, 4) is 22.8 Å². The molecule has 1 aromatic heterocycles. The van der Waals surface area contributed by atoms with Crippen LogP contribution in [0.15, 0.2) is 47.8 Å². The van der Waals surface area contributed by atoms with Crippen molar-refractivity contribution in [2.75, 3.05) is 25.6 Å². The van der Waals surface area contributed by atoms with Gasteiger partial charge in [0.15, 0.2) is 16.6 Å². The fourth-order valence-corrected chi connectivity index (χ4v) is 3.52. The maximum absolute atomic E-state index is 12.5. The van der Waals surface area contributed by atoms with Crippen LogP contribution >= 0.6 is 11.3 Å². The van der Waals surface area contributed by atoms with Crippen LogP contribution in [-0.2, 0) is 11.3 Å². The molecule has 27 heavy (non-hydrogen) atoms. The highest BCUT2D eigenvalue weighted by molar-refractivity contribution is 7.14. The lowest BCUT2D eigenvalue weighted by atomic mass is 10.1. The third kappa shape index (κ3) is 3.94. The largest absolute Gasteiger partial charge is 0.486 e. The van der Waals surface area contributed by atoms with Gasteiger partial charge in [0.1, 0.15) is 13.2 Å². The molecule has 0 radical (unpaired) electrons. The van der Waals surface area contributed by atoms with Crippen LogP contribution in [0.4, 0.5) is 5.13 Å². The van der Waals surface area contributed by atoms with Crippen LogP contribution in [0.5, 0.6) is 11.5 Å². The van der Waals surface area contributed by atoms with Crippen molar-refractivity contribution in [1.29, 1.82) is 0 Å². The van der Waals surface area contributed by atoms with E-state index in [4.69, 9.17) is 14.2 Å². The second-order valence-electron chi connectivity index (χ2n) is 5.98. The first kappa shape index (κ1) is 17.5. The van der Waals surface area contributed by atoms with Gasteiger partial charge in [-0.05, 0) is 35.9 Å². The van der Waals surface area contributed by atoms with Gasteiger partial charge in [0.2, 0.25) is 0 Å². The zero-order chi connectivity index (χ0) is 18.6. The van der Waals surface area contributed by atoms with Gasteiger partial charge in [-0.1, -0.05) is 12.1 Å². The third-order valence-electron chi connectivity index (χ3n) is 4.06. The van der Waals surface area contributed by atoms with Crippen molar-refractivity contribution in [3.05, 3.63) is 59.0 Å². The molecule has 0 fully saturated rings. The molecule has 0 atom stereocenters. The maximum atomic E-state index is 12.5. The lowest BCUT2D eigenvalue weighted by Gasteiger charge is -2.18. The molecule has 2 heterocycles. The minimum Gasteiger partial charge on any atom is -0.486 e. The highest BCUT2D eigenvalue weighted by Crippen LogP contribution is 2.35. The Labute approximate surface area is 160 Å². The first-order valence-corrected chi connectivity index (χ1v) is 9.35. The second kappa shape index (κ2) is 7.77. The zero-order valence-corrected chi connectivity index (χ0v) is 15.5. The van der Waals surface area contributed by atoms with Crippen LogP contribution in [0.1, 0.15) is 15.9 Å². The number of methoxy groups -OCH3 is 1. The number of benzene rings is 2. The maximum Gasteiger partial charge on any atom is 0.257 e. The van der Waals surface area contributed by atoms with Crippen LogP contribution in [0, 0.1) is 0 Å². The van der Waals surface area contributed by atoms with E-state index in [0.717, 1.165) is 22.6 Å². The molecule has 3 aromatic rings. The number of amides is 1. The summed E-state index contributed by atoms with van der Waals surface area (Å²) in [6.07, 6.45) is 0. The number of fused-ring (bicyclic) bond motifs is 1. The normalized spacial score (nSPS) is 12.6. The van der Waals surface area contributed by atoms with Crippen LogP contribution in [0.2, 0.25) is 0 Å². The van der Waals surface area contributed by atoms with E-state index >= 15 is 0 Å². The number of thiazole rings is 1. The molecular weight excluding hydrogens is 364 g/mol. The summed E-state index contributed by atoms with van der Waals surface area (Å²) in [5.41, 5.74) is 3.21. The number of carbonyl (C=O) groups is 1. The summed E-state index contributed by atoms with van der Waals surface area (Å²) in [5, 5.41) is 5.30. The molecule has 1 aliphatic rings. The van der Waals surface area contributed by atoms with Gasteiger partial charge in [0.25, 0.3) is 5.91 Å². The summed E-state index contributed by atoms with van der Waals surface area (Å²) in [7, 11) is 1.63. The molecule has 7 heteroatoms. The quantitative estimate of drug-likeness (QED) is 0.723. The standard InChI is InChI=1S/C20H18N2O4S/c1-24-11-13-3-2-4-15(9-13)19(23)22-20-21-16(12-27-20)14-5-6-17-18(10-14)26-8-7-25-17/h2-6,9-10,12H,7-8,11H2,1H3,(H,21,22,23). The molecule has 2 aromatic carbocycles. The first-order chi connectivity index (χ1) is 13.2. The van der Waals surface area contributed by atoms with Crippen molar-refractivity contribution in [2.24, 2.45) is 0 Å². The summed E-state index contributed by atoms with van der Waals surface area (Å²) < 4.78 is 16.3. The number of nitrogens with one attached hydrogen (secondary N) is 1. The van der Waals surface area contributed by atoms with Crippen molar-refractivity contribution < 1.29 is 19.0 Å². The molecule has 4 rings (SSSR count). The molecule has 6 nitrogen and oxygen atoms in total. The minimum absolute atomic E-state index is 0.198. The highest BCUT2D eigenvalue weighted by atomic mass is 32.1. The molecule has 0 saturated carbocycles. The summed E-state index contributed by atoms with van der Waals surface area (Å²) in [6.45, 7) is 1.56. The van der Waals surface area contributed by atoms with Gasteiger partial charge in [-0.25, -0.2) is 4.98 Å². The Morgan fingerprint density at radius 1 is 1.19 bits per heavy atom. The van der Waals surface area contributed by atoms with E-state index < -0.39 is 0 Å². The van der Waals surface area contributed by atoms with E-state index in [1.165, 1.54) is 11.3 Å². The van der Waals surface area contributed by atoms with Crippen LogP contribution in [0.3, 0.4) is 0 Å². The lowest BCUT2D eigenvalue weighted by molar-refractivity contribution is 0.102. The number of ether oxygens (including phenoxy) is 3. The molecule has 1 amide bonds. The second-order valence-corrected chi connectivity index (χ2v) is 6.84. The van der Waals surface area contributed by atoms with Crippen LogP contribution in [0.25, 0.3) is 11.3 Å². The van der Waals surface area contributed by atoms with Crippen molar-refractivity contribution in [2.45, 2.75) is 6.61 Å². The number of nitrogens with zero attached hydrogens (tertiary/aromatic N) is 1. The van der Waals surface area contributed by atoms with E-state index in [2.05, 4.69) is 10.3 Å². The Balaban J connectivity index is 1.49. The fraction of sp³-hybridized carbons (Fsp3) is 0.200. The van der Waals surface area contributed by atoms with E-state index in [0.29, 0.717) is 36.3 Å².